The van der Waals surface area contributed by atoms with E-state index >= 15 is 0 Å². The van der Waals surface area contributed by atoms with Gasteiger partial charge in [-0.1, -0.05) is 97.4 Å². The van der Waals surface area contributed by atoms with Gasteiger partial charge < -0.3 is 35.5 Å². The van der Waals surface area contributed by atoms with E-state index in [0.29, 0.717) is 48.1 Å². The molecule has 16 heteroatoms. The molecule has 0 aliphatic carbocycles. The largest absolute Gasteiger partial charge is 0.496 e. The lowest BCUT2D eigenvalue weighted by Crippen LogP contribution is -2.56. The van der Waals surface area contributed by atoms with E-state index in [0.717, 1.165) is 16.7 Å². The molecule has 0 saturated carbocycles. The molecule has 0 radical (unpaired) electrons. The number of amidine groups is 1. The van der Waals surface area contributed by atoms with Crippen LogP contribution in [0.5, 0.6) is 5.75 Å². The first-order valence-electron chi connectivity index (χ1n) is 21.7. The van der Waals surface area contributed by atoms with Gasteiger partial charge in [-0.25, -0.2) is 4.79 Å². The van der Waals surface area contributed by atoms with Crippen LogP contribution in [0.15, 0.2) is 106 Å². The van der Waals surface area contributed by atoms with Gasteiger partial charge in [0.05, 0.1) is 31.6 Å². The minimum absolute atomic E-state index is 0.0314. The van der Waals surface area contributed by atoms with Gasteiger partial charge in [-0.05, 0) is 85.9 Å². The summed E-state index contributed by atoms with van der Waals surface area (Å²) in [7, 11) is -1.44. The molecule has 0 bridgehead atoms. The molecule has 0 spiro atoms. The molecule has 346 valence electrons. The summed E-state index contributed by atoms with van der Waals surface area (Å²) >= 11 is 0. The van der Waals surface area contributed by atoms with E-state index < -0.39 is 63.7 Å². The molecule has 1 saturated heterocycles. The van der Waals surface area contributed by atoms with Crippen molar-refractivity contribution in [3.63, 3.8) is 0 Å². The Kier molecular flexibility index (Phi) is 17.8. The molecule has 15 nitrogen and oxygen atoms in total. The Morgan fingerprint density at radius 2 is 1.43 bits per heavy atom. The van der Waals surface area contributed by atoms with Crippen LogP contribution < -0.4 is 21.1 Å². The van der Waals surface area contributed by atoms with Gasteiger partial charge in [-0.15, -0.1) is 4.40 Å². The fourth-order valence-corrected chi connectivity index (χ4v) is 9.67. The summed E-state index contributed by atoms with van der Waals surface area (Å²) in [5, 5.41) is 5.70. The first-order chi connectivity index (χ1) is 31.1. The number of alkyl carbamates (subject to hydrolysis) is 1. The molecule has 3 amide bonds. The maximum absolute atomic E-state index is 14.9. The zero-order valence-electron chi connectivity index (χ0n) is 37.6. The highest BCUT2D eigenvalue weighted by Gasteiger charge is 2.42. The highest BCUT2D eigenvalue weighted by atomic mass is 32.2. The Bertz CT molecular complexity index is 2390. The second-order valence-corrected chi connectivity index (χ2v) is 17.6. The number of likely N-dealkylation sites (tertiary alicyclic amines) is 1. The van der Waals surface area contributed by atoms with Crippen LogP contribution >= 0.6 is 0 Å². The van der Waals surface area contributed by atoms with Gasteiger partial charge in [0.15, 0.2) is 5.78 Å². The predicted molar refractivity (Wildman–Crippen MR) is 246 cm³/mol. The molecular formula is C49H59N5O10S. The van der Waals surface area contributed by atoms with E-state index in [2.05, 4.69) is 15.0 Å². The summed E-state index contributed by atoms with van der Waals surface area (Å²) in [6.07, 6.45) is 0.406. The number of hydrogen-bond donors (Lipinski definition) is 3. The molecule has 1 fully saturated rings. The van der Waals surface area contributed by atoms with Crippen molar-refractivity contribution in [1.82, 2.24) is 15.5 Å². The van der Waals surface area contributed by atoms with Gasteiger partial charge in [-0.2, -0.15) is 8.42 Å². The number of hydrogen-bond acceptors (Lipinski definition) is 10. The van der Waals surface area contributed by atoms with Crippen molar-refractivity contribution in [3.8, 4) is 5.75 Å². The third-order valence-corrected chi connectivity index (χ3v) is 13.2. The van der Waals surface area contributed by atoms with Gasteiger partial charge in [0.1, 0.15) is 30.3 Å². The van der Waals surface area contributed by atoms with E-state index in [4.69, 9.17) is 19.9 Å². The van der Waals surface area contributed by atoms with Gasteiger partial charge in [0.2, 0.25) is 11.8 Å². The normalized spacial score (nSPS) is 14.9. The maximum atomic E-state index is 14.9. The summed E-state index contributed by atoms with van der Waals surface area (Å²) in [6, 6.07) is 26.1. The number of amides is 3. The van der Waals surface area contributed by atoms with Gasteiger partial charge >= 0.3 is 12.1 Å². The highest BCUT2D eigenvalue weighted by molar-refractivity contribution is 7.90. The lowest BCUT2D eigenvalue weighted by atomic mass is 9.84. The van der Waals surface area contributed by atoms with Crippen LogP contribution in [0.2, 0.25) is 0 Å². The van der Waals surface area contributed by atoms with Crippen molar-refractivity contribution in [2.24, 2.45) is 10.1 Å². The number of aryl methyl sites for hydroxylation is 1. The van der Waals surface area contributed by atoms with Crippen LogP contribution in [0.4, 0.5) is 4.79 Å². The van der Waals surface area contributed by atoms with E-state index in [1.165, 1.54) is 19.1 Å². The van der Waals surface area contributed by atoms with Gasteiger partial charge in [-0.3, -0.25) is 19.2 Å². The third-order valence-electron chi connectivity index (χ3n) is 11.6. The number of sulfonamides is 1. The topological polar surface area (TPSA) is 213 Å². The number of benzene rings is 4. The van der Waals surface area contributed by atoms with Crippen molar-refractivity contribution in [2.75, 3.05) is 20.8 Å². The third kappa shape index (κ3) is 13.3. The molecule has 5 rings (SSSR count). The molecule has 4 aromatic rings. The van der Waals surface area contributed by atoms with Crippen molar-refractivity contribution >= 4 is 45.5 Å². The Balaban J connectivity index is 1.34. The number of esters is 1. The molecule has 4 N–H and O–H groups in total. The van der Waals surface area contributed by atoms with E-state index in [1.54, 1.807) is 26.8 Å². The first-order valence-corrected chi connectivity index (χ1v) is 23.1. The Labute approximate surface area is 381 Å². The summed E-state index contributed by atoms with van der Waals surface area (Å²) in [5.74, 6) is -2.32. The zero-order chi connectivity index (χ0) is 47.1. The van der Waals surface area contributed by atoms with Gasteiger partial charge in [0.25, 0.3) is 10.0 Å². The molecule has 0 aromatic heterocycles. The van der Waals surface area contributed by atoms with E-state index in [9.17, 15) is 32.4 Å². The number of nitrogens with one attached hydrogen (secondary N) is 2. The SMILES string of the molecule is COC(=O)CCC(=O)C(CCCC/C(N)=N\S(=O)(=O)c1c(C)cc(OC)c(C)c1C)NC(=O)[C@@H]1CCCN1C(=O)[C@H](NC(=O)OCc1ccccc1)C(c1ccccc1)c1ccccc1. The van der Waals surface area contributed by atoms with Gasteiger partial charge in [0, 0.05) is 25.3 Å². The summed E-state index contributed by atoms with van der Waals surface area (Å²) < 4.78 is 46.4. The number of Topliss-reactive ketones (excluding diaryl/α,β-unsaturated/α-hetero) is 1. The van der Waals surface area contributed by atoms with Crippen molar-refractivity contribution in [2.45, 2.75) is 108 Å². The molecule has 4 aromatic carbocycles. The molecule has 1 aliphatic rings. The second kappa shape index (κ2) is 23.4. The number of methoxy groups -OCH3 is 2. The van der Waals surface area contributed by atoms with Crippen molar-refractivity contribution in [3.05, 3.63) is 130 Å². The average Bonchev–Trinajstić information content (AvgIpc) is 3.80. The van der Waals surface area contributed by atoms with Crippen LogP contribution in [-0.2, 0) is 45.3 Å². The van der Waals surface area contributed by atoms with Crippen LogP contribution in [-0.4, -0.2) is 87.7 Å². The number of rotatable bonds is 21. The molecule has 65 heavy (non-hydrogen) atoms. The summed E-state index contributed by atoms with van der Waals surface area (Å²) in [4.78, 5) is 69.9. The van der Waals surface area contributed by atoms with Crippen LogP contribution in [0, 0.1) is 20.8 Å². The Hall–Kier alpha value is -6.55. The quantitative estimate of drug-likeness (QED) is 0.0363. The number of carbonyl (C=O) groups is 5. The lowest BCUT2D eigenvalue weighted by Gasteiger charge is -2.33. The number of nitrogens with zero attached hydrogens (tertiary/aromatic N) is 2. The Morgan fingerprint density at radius 1 is 0.815 bits per heavy atom. The fraction of sp³-hybridized carbons (Fsp3) is 0.388. The number of nitrogens with two attached hydrogens (primary N) is 1. The molecule has 1 heterocycles. The summed E-state index contributed by atoms with van der Waals surface area (Å²) in [5.41, 5.74) is 10.1. The molecule has 3 atom stereocenters. The lowest BCUT2D eigenvalue weighted by molar-refractivity contribution is -0.142. The van der Waals surface area contributed by atoms with Crippen LogP contribution in [0.1, 0.15) is 90.7 Å². The number of ketones is 1. The minimum Gasteiger partial charge on any atom is -0.496 e. The number of ether oxygens (including phenoxy) is 3. The predicted octanol–water partition coefficient (Wildman–Crippen LogP) is 6.35. The monoisotopic (exact) mass is 909 g/mol. The maximum Gasteiger partial charge on any atom is 0.408 e. The van der Waals surface area contributed by atoms with E-state index in [-0.39, 0.29) is 49.6 Å². The van der Waals surface area contributed by atoms with Crippen molar-refractivity contribution in [1.29, 1.82) is 0 Å². The number of carbonyl (C=O) groups excluding carboxylic acids is 5. The second-order valence-electron chi connectivity index (χ2n) is 16.1. The summed E-state index contributed by atoms with van der Waals surface area (Å²) in [6.45, 7) is 5.28. The molecular weight excluding hydrogens is 851 g/mol. The molecule has 1 unspecified atom stereocenters. The van der Waals surface area contributed by atoms with Crippen LogP contribution in [0.25, 0.3) is 0 Å². The highest BCUT2D eigenvalue weighted by Crippen LogP contribution is 2.33. The standard InChI is InChI=1S/C49H59N5O10S/c1-32-30-41(62-4)33(2)34(3)46(32)65(60,61)53-42(50)26-16-15-24-38(40(55)27-28-43(56)63-5)51-47(57)39-25-17-29-54(39)48(58)45(52-49(59)64-31-35-18-9-6-10-19-35)44(36-20-11-7-12-21-36)37-22-13-8-14-23-37/h6-14,18-23,30,38-39,44-45H,15-17,24-29,31H2,1-5H3,(H2,50,53)(H,51,57)(H,52,59)/t38?,39-,45+/m0/s1. The zero-order valence-corrected chi connectivity index (χ0v) is 38.4. The van der Waals surface area contributed by atoms with E-state index in [1.807, 2.05) is 91.0 Å². The average molecular weight is 910 g/mol. The first kappa shape index (κ1) is 49.5. The molecule has 1 aliphatic heterocycles. The van der Waals surface area contributed by atoms with Crippen molar-refractivity contribution < 1.29 is 46.6 Å². The van der Waals surface area contributed by atoms with Crippen LogP contribution in [0.3, 0.4) is 0 Å². The number of unbranched alkanes of at least 4 members (excludes halogenated alkanes) is 1. The minimum atomic E-state index is -4.17. The smallest absolute Gasteiger partial charge is 0.408 e. The fourth-order valence-electron chi connectivity index (χ4n) is 8.17. The Morgan fingerprint density at radius 3 is 2.03 bits per heavy atom.